The summed E-state index contributed by atoms with van der Waals surface area (Å²) in [4.78, 5) is 36.5. The van der Waals surface area contributed by atoms with Crippen LogP contribution in [0.25, 0.3) is 11.4 Å². The number of aromatic amines is 1. The molecule has 30 heavy (non-hydrogen) atoms. The Bertz CT molecular complexity index is 1150. The van der Waals surface area contributed by atoms with Crippen LogP contribution in [0.3, 0.4) is 0 Å². The Balaban J connectivity index is 1.37. The molecule has 0 aliphatic rings. The molecule has 0 saturated carbocycles. The SMILES string of the molecule is O=C(Nc1cc(C(=O)NCc2ccc(-c3nn[nH]n3)cc2)ncn1)c1cccnc1. The van der Waals surface area contributed by atoms with Crippen LogP contribution >= 0.6 is 0 Å². The van der Waals surface area contributed by atoms with Gasteiger partial charge in [0.05, 0.1) is 5.56 Å². The third kappa shape index (κ3) is 4.47. The molecule has 0 radical (unpaired) electrons. The maximum atomic E-state index is 12.4. The molecule has 11 heteroatoms. The molecule has 4 rings (SSSR count). The monoisotopic (exact) mass is 401 g/mol. The van der Waals surface area contributed by atoms with E-state index in [2.05, 4.69) is 46.2 Å². The number of benzene rings is 1. The molecule has 1 aromatic carbocycles. The van der Waals surface area contributed by atoms with E-state index in [-0.39, 0.29) is 17.4 Å². The normalized spacial score (nSPS) is 10.4. The van der Waals surface area contributed by atoms with Gasteiger partial charge in [-0.3, -0.25) is 14.6 Å². The summed E-state index contributed by atoms with van der Waals surface area (Å²) >= 11 is 0. The van der Waals surface area contributed by atoms with Crippen molar-refractivity contribution in [3.05, 3.63) is 78.0 Å². The van der Waals surface area contributed by atoms with E-state index in [0.717, 1.165) is 11.1 Å². The molecule has 0 atom stereocenters. The number of rotatable bonds is 6. The number of carbonyl (C=O) groups excluding carboxylic acids is 2. The summed E-state index contributed by atoms with van der Waals surface area (Å²) in [5.74, 6) is -0.0627. The lowest BCUT2D eigenvalue weighted by atomic mass is 10.1. The van der Waals surface area contributed by atoms with Crippen molar-refractivity contribution in [2.75, 3.05) is 5.32 Å². The Kier molecular flexibility index (Phi) is 5.42. The van der Waals surface area contributed by atoms with E-state index in [1.54, 1.807) is 18.3 Å². The number of aromatic nitrogens is 7. The number of pyridine rings is 1. The van der Waals surface area contributed by atoms with Crippen LogP contribution in [0.2, 0.25) is 0 Å². The maximum absolute atomic E-state index is 12.4. The zero-order valence-corrected chi connectivity index (χ0v) is 15.5. The molecule has 0 spiro atoms. The van der Waals surface area contributed by atoms with Gasteiger partial charge in [-0.05, 0) is 22.9 Å². The number of hydrogen-bond donors (Lipinski definition) is 3. The predicted molar refractivity (Wildman–Crippen MR) is 105 cm³/mol. The fourth-order valence-corrected chi connectivity index (χ4v) is 2.56. The van der Waals surface area contributed by atoms with E-state index in [1.165, 1.54) is 18.6 Å². The van der Waals surface area contributed by atoms with Crippen LogP contribution in [0.1, 0.15) is 26.4 Å². The van der Waals surface area contributed by atoms with Gasteiger partial charge in [-0.2, -0.15) is 5.21 Å². The Labute approximate surface area is 170 Å². The highest BCUT2D eigenvalue weighted by Gasteiger charge is 2.12. The molecule has 3 N–H and O–H groups in total. The van der Waals surface area contributed by atoms with Crippen molar-refractivity contribution >= 4 is 17.6 Å². The average Bonchev–Trinajstić information content (AvgIpc) is 3.33. The fourth-order valence-electron chi connectivity index (χ4n) is 2.56. The van der Waals surface area contributed by atoms with E-state index in [0.29, 0.717) is 17.9 Å². The van der Waals surface area contributed by atoms with Crippen LogP contribution in [-0.4, -0.2) is 47.4 Å². The number of anilines is 1. The highest BCUT2D eigenvalue weighted by atomic mass is 16.2. The minimum absolute atomic E-state index is 0.134. The zero-order chi connectivity index (χ0) is 20.8. The van der Waals surface area contributed by atoms with Crippen molar-refractivity contribution in [1.82, 2.24) is 40.9 Å². The standard InChI is InChI=1S/C19H15N9O2/c29-18(14-2-1-7-20-10-14)24-16-8-15(22-11-23-16)19(30)21-9-12-3-5-13(6-4-12)17-25-27-28-26-17/h1-8,10-11H,9H2,(H,21,30)(H,22,23,24,29)(H,25,26,27,28). The van der Waals surface area contributed by atoms with E-state index >= 15 is 0 Å². The maximum Gasteiger partial charge on any atom is 0.270 e. The number of amides is 2. The van der Waals surface area contributed by atoms with Gasteiger partial charge in [0.1, 0.15) is 17.8 Å². The lowest BCUT2D eigenvalue weighted by molar-refractivity contribution is 0.0944. The second kappa shape index (κ2) is 8.65. The summed E-state index contributed by atoms with van der Waals surface area (Å²) in [5.41, 5.74) is 2.21. The fraction of sp³-hybridized carbons (Fsp3) is 0.0526. The van der Waals surface area contributed by atoms with Crippen molar-refractivity contribution in [2.24, 2.45) is 0 Å². The Morgan fingerprint density at radius 1 is 1.03 bits per heavy atom. The molecule has 0 saturated heterocycles. The largest absolute Gasteiger partial charge is 0.347 e. The van der Waals surface area contributed by atoms with Crippen LogP contribution in [0.15, 0.2) is 61.2 Å². The summed E-state index contributed by atoms with van der Waals surface area (Å²) in [6.45, 7) is 0.298. The highest BCUT2D eigenvalue weighted by molar-refractivity contribution is 6.04. The molecule has 2 amide bonds. The zero-order valence-electron chi connectivity index (χ0n) is 15.5. The summed E-state index contributed by atoms with van der Waals surface area (Å²) in [6, 6.07) is 12.1. The molecule has 0 bridgehead atoms. The minimum Gasteiger partial charge on any atom is -0.347 e. The van der Waals surface area contributed by atoms with Gasteiger partial charge in [-0.1, -0.05) is 24.3 Å². The van der Waals surface area contributed by atoms with E-state index in [1.807, 2.05) is 24.3 Å². The first-order valence-corrected chi connectivity index (χ1v) is 8.83. The van der Waals surface area contributed by atoms with Crippen LogP contribution in [0.5, 0.6) is 0 Å². The lowest BCUT2D eigenvalue weighted by Gasteiger charge is -2.07. The summed E-state index contributed by atoms with van der Waals surface area (Å²) in [6.07, 6.45) is 4.23. The van der Waals surface area contributed by atoms with Gasteiger partial charge in [0.25, 0.3) is 11.8 Å². The van der Waals surface area contributed by atoms with E-state index < -0.39 is 5.91 Å². The molecule has 11 nitrogen and oxygen atoms in total. The smallest absolute Gasteiger partial charge is 0.270 e. The number of carbonyl (C=O) groups is 2. The van der Waals surface area contributed by atoms with E-state index in [9.17, 15) is 9.59 Å². The molecule has 148 valence electrons. The summed E-state index contributed by atoms with van der Waals surface area (Å²) < 4.78 is 0. The molecule has 0 unspecified atom stereocenters. The topological polar surface area (TPSA) is 151 Å². The molecule has 4 aromatic rings. The molecule has 3 aromatic heterocycles. The number of tetrazole rings is 1. The van der Waals surface area contributed by atoms with Crippen LogP contribution in [0.4, 0.5) is 5.82 Å². The molecule has 0 aliphatic carbocycles. The molecular weight excluding hydrogens is 386 g/mol. The highest BCUT2D eigenvalue weighted by Crippen LogP contribution is 2.14. The molecule has 0 aliphatic heterocycles. The number of nitrogens with zero attached hydrogens (tertiary/aromatic N) is 6. The third-order valence-electron chi connectivity index (χ3n) is 4.08. The second-order valence-corrected chi connectivity index (χ2v) is 6.10. The van der Waals surface area contributed by atoms with Crippen molar-refractivity contribution in [1.29, 1.82) is 0 Å². The Morgan fingerprint density at radius 2 is 1.90 bits per heavy atom. The number of nitrogens with one attached hydrogen (secondary N) is 3. The first-order chi connectivity index (χ1) is 14.7. The quantitative estimate of drug-likeness (QED) is 0.436. The lowest BCUT2D eigenvalue weighted by Crippen LogP contribution is -2.24. The van der Waals surface area contributed by atoms with Crippen molar-refractivity contribution < 1.29 is 9.59 Å². The van der Waals surface area contributed by atoms with Gasteiger partial charge < -0.3 is 10.6 Å². The molecule has 3 heterocycles. The van der Waals surface area contributed by atoms with Crippen molar-refractivity contribution in [3.63, 3.8) is 0 Å². The van der Waals surface area contributed by atoms with Gasteiger partial charge in [0, 0.05) is 30.6 Å². The molecular formula is C19H15N9O2. The van der Waals surface area contributed by atoms with Gasteiger partial charge in [-0.15, -0.1) is 10.2 Å². The van der Waals surface area contributed by atoms with Crippen LogP contribution in [-0.2, 0) is 6.54 Å². The van der Waals surface area contributed by atoms with Gasteiger partial charge in [0.15, 0.2) is 0 Å². The number of H-pyrrole nitrogens is 1. The summed E-state index contributed by atoms with van der Waals surface area (Å²) in [7, 11) is 0. The first kappa shape index (κ1) is 18.8. The minimum atomic E-state index is -0.392. The Morgan fingerprint density at radius 3 is 2.63 bits per heavy atom. The first-order valence-electron chi connectivity index (χ1n) is 8.83. The molecule has 0 fully saturated rings. The van der Waals surface area contributed by atoms with Crippen LogP contribution < -0.4 is 10.6 Å². The Hall–Kier alpha value is -4.54. The van der Waals surface area contributed by atoms with E-state index in [4.69, 9.17) is 0 Å². The van der Waals surface area contributed by atoms with Gasteiger partial charge in [-0.25, -0.2) is 9.97 Å². The van der Waals surface area contributed by atoms with Crippen LogP contribution in [0, 0.1) is 0 Å². The summed E-state index contributed by atoms with van der Waals surface area (Å²) in [5, 5.41) is 19.1. The second-order valence-electron chi connectivity index (χ2n) is 6.10. The third-order valence-corrected chi connectivity index (χ3v) is 4.08. The predicted octanol–water partition coefficient (Wildman–Crippen LogP) is 1.23. The van der Waals surface area contributed by atoms with Gasteiger partial charge >= 0.3 is 0 Å². The van der Waals surface area contributed by atoms with Gasteiger partial charge in [0.2, 0.25) is 5.82 Å². The van der Waals surface area contributed by atoms with Crippen molar-refractivity contribution in [3.8, 4) is 11.4 Å². The number of hydrogen-bond acceptors (Lipinski definition) is 8. The van der Waals surface area contributed by atoms with Crippen molar-refractivity contribution in [2.45, 2.75) is 6.54 Å². The average molecular weight is 401 g/mol.